The second kappa shape index (κ2) is 30.7. The summed E-state index contributed by atoms with van der Waals surface area (Å²) in [4.78, 5) is 15.1. The van der Waals surface area contributed by atoms with Gasteiger partial charge in [-0.15, -0.1) is 0 Å². The van der Waals surface area contributed by atoms with E-state index < -0.39 is 14.7 Å². The molecular weight excluding hydrogens is 1030 g/mol. The van der Waals surface area contributed by atoms with Crippen LogP contribution in [0.15, 0.2) is 84.9 Å². The maximum absolute atomic E-state index is 13.0. The minimum Gasteiger partial charge on any atom is -0.870 e. The molecule has 434 valence electrons. The molecule has 2 saturated heterocycles. The third-order valence-corrected chi connectivity index (χ3v) is 19.5. The van der Waals surface area contributed by atoms with Crippen molar-refractivity contribution in [1.29, 1.82) is 0 Å². The number of piperidine rings is 2. The van der Waals surface area contributed by atoms with Gasteiger partial charge in [-0.1, -0.05) is 84.0 Å². The van der Waals surface area contributed by atoms with E-state index in [1.54, 1.807) is 13.8 Å². The molecule has 2 N–H and O–H groups in total. The molecule has 0 radical (unpaired) electrons. The van der Waals surface area contributed by atoms with Crippen LogP contribution in [0.1, 0.15) is 165 Å². The van der Waals surface area contributed by atoms with Gasteiger partial charge in [0.2, 0.25) is 7.37 Å². The van der Waals surface area contributed by atoms with Gasteiger partial charge in [-0.2, -0.15) is 0 Å². The van der Waals surface area contributed by atoms with Crippen LogP contribution >= 0.6 is 14.7 Å². The first kappa shape index (κ1) is 67.0. The zero-order chi connectivity index (χ0) is 55.4. The summed E-state index contributed by atoms with van der Waals surface area (Å²) >= 11 is 0. The van der Waals surface area contributed by atoms with E-state index >= 15 is 0 Å². The Kier molecular flexibility index (Phi) is 26.0. The van der Waals surface area contributed by atoms with Crippen molar-refractivity contribution in [1.82, 2.24) is 0 Å². The van der Waals surface area contributed by atoms with Gasteiger partial charge in [-0.25, -0.2) is 0 Å². The smallest absolute Gasteiger partial charge is 0.870 e. The number of hydrogen-bond donors (Lipinski definition) is 1. The summed E-state index contributed by atoms with van der Waals surface area (Å²) in [5.74, 6) is 5.48. The largest absolute Gasteiger partial charge is 1.00 e. The molecule has 0 aromatic heterocycles. The molecule has 4 fully saturated rings. The van der Waals surface area contributed by atoms with E-state index in [2.05, 4.69) is 131 Å². The molecule has 4 aliphatic rings. The quantitative estimate of drug-likeness (QED) is 0.0506. The van der Waals surface area contributed by atoms with Crippen LogP contribution in [0.3, 0.4) is 0 Å². The van der Waals surface area contributed by atoms with E-state index in [0.29, 0.717) is 53.4 Å². The van der Waals surface area contributed by atoms with Crippen LogP contribution in [-0.2, 0) is 26.5 Å². The van der Waals surface area contributed by atoms with Gasteiger partial charge in [-0.3, -0.25) is 9.13 Å². The van der Waals surface area contributed by atoms with Crippen LogP contribution < -0.4 is 53.6 Å². The zero-order valence-corrected chi connectivity index (χ0v) is 54.7. The summed E-state index contributed by atoms with van der Waals surface area (Å²) in [6.45, 7) is 27.6. The average Bonchev–Trinajstić information content (AvgIpc) is 4.33. The van der Waals surface area contributed by atoms with E-state index in [0.717, 1.165) is 114 Å². The van der Waals surface area contributed by atoms with Crippen LogP contribution in [0.2, 0.25) is 0 Å². The molecule has 0 spiro atoms. The fourth-order valence-corrected chi connectivity index (χ4v) is 15.0. The van der Waals surface area contributed by atoms with Crippen molar-refractivity contribution in [3.8, 4) is 17.2 Å². The molecule has 2 aliphatic carbocycles. The van der Waals surface area contributed by atoms with Crippen molar-refractivity contribution >= 4 is 26.1 Å². The molecule has 79 heavy (non-hydrogen) atoms. The monoisotopic (exact) mass is 1130 g/mol. The van der Waals surface area contributed by atoms with Gasteiger partial charge < -0.3 is 38.9 Å². The topological polar surface area (TPSA) is 128 Å². The Morgan fingerprint density at radius 3 is 1.47 bits per heavy atom. The van der Waals surface area contributed by atoms with Crippen molar-refractivity contribution < 1.29 is 67.8 Å². The van der Waals surface area contributed by atoms with E-state index in [9.17, 15) is 14.0 Å². The molecule has 2 saturated carbocycles. The average molecular weight is 1140 g/mol. The molecule has 2 aliphatic heterocycles. The normalized spacial score (nSPS) is 18.6. The Labute approximate surface area is 500 Å². The summed E-state index contributed by atoms with van der Waals surface area (Å²) in [7, 11) is -3.89. The Morgan fingerprint density at radius 1 is 0.608 bits per heavy atom. The van der Waals surface area contributed by atoms with Gasteiger partial charge in [0.25, 0.3) is 0 Å². The maximum Gasteiger partial charge on any atom is 1.00 e. The Hall–Kier alpha value is -2.78. The summed E-state index contributed by atoms with van der Waals surface area (Å²) < 4.78 is 48.9. The second-order valence-corrected chi connectivity index (χ2v) is 31.4. The first-order chi connectivity index (χ1) is 36.5. The molecule has 4 aromatic carbocycles. The molecule has 10 nitrogen and oxygen atoms in total. The number of rotatable bonds is 25. The first-order valence-corrected chi connectivity index (χ1v) is 34.3. The Morgan fingerprint density at radius 2 is 1.05 bits per heavy atom. The summed E-state index contributed by atoms with van der Waals surface area (Å²) in [6, 6.07) is 30.4. The molecule has 2 heterocycles. The van der Waals surface area contributed by atoms with Crippen molar-refractivity contribution in [3.05, 3.63) is 113 Å². The molecule has 13 heteroatoms. The van der Waals surface area contributed by atoms with Crippen molar-refractivity contribution in [3.63, 3.8) is 0 Å². The summed E-state index contributed by atoms with van der Waals surface area (Å²) in [5.41, 5.74) is 10.2. The number of anilines is 2. The van der Waals surface area contributed by atoms with Crippen LogP contribution in [0.4, 0.5) is 11.4 Å². The van der Waals surface area contributed by atoms with E-state index in [-0.39, 0.29) is 46.9 Å². The van der Waals surface area contributed by atoms with E-state index in [1.165, 1.54) is 78.8 Å². The summed E-state index contributed by atoms with van der Waals surface area (Å²) in [6.07, 6.45) is 17.4. The van der Waals surface area contributed by atoms with E-state index in [4.69, 9.17) is 18.7 Å². The number of nitrogens with zero attached hydrogens (tertiary/aromatic N) is 2. The molecule has 8 rings (SSSR count). The standard InChI is InChI=1S/C34H52NO4P.C32H48NO3P.Na.H2O/c1-7-39-40(6,36)25-32(27-13-14-27)29-10-8-12-31(22-29)38-24-26-17-20-35(21-18-26)33-23-30(37-5)16-15-28(33)11-9-19-34(2,3)4;1-24-11-12-27(9-7-17-32(2,3)4)31(20-24)33-18-15-25(16-19-33)22-36-29-10-6-8-28(21-29)30(26-13-14-26)23-37(5,34)35;;/h8,10,12,15-16,22-23,26-27,32H,7,9,11,13-14,17-21,24-25H2,1-6H3;6,8,10-12,20-21,25-26,30H,7,9,13-19,22-23H2,1-5H3,(H,34,35);;1H2/q;;+1;/p-1/t32-,40?;30-;;/m00../s1. The van der Waals surface area contributed by atoms with E-state index in [1.807, 2.05) is 19.1 Å². The molecule has 0 bridgehead atoms. The number of hydrogen-bond acceptors (Lipinski definition) is 9. The van der Waals surface area contributed by atoms with Gasteiger partial charge in [0.1, 0.15) is 17.2 Å². The van der Waals surface area contributed by atoms with Gasteiger partial charge in [0.05, 0.1) is 26.9 Å². The predicted molar refractivity (Wildman–Crippen MR) is 326 cm³/mol. The molecule has 0 amide bonds. The molecule has 2 unspecified atom stereocenters. The van der Waals surface area contributed by atoms with Crippen molar-refractivity contribution in [2.24, 2.45) is 34.5 Å². The van der Waals surface area contributed by atoms with Crippen LogP contribution in [-0.4, -0.2) is 89.1 Å². The molecule has 4 aromatic rings. The van der Waals surface area contributed by atoms with Crippen molar-refractivity contribution in [2.75, 3.05) is 88.6 Å². The molecular formula is C66H101N2NaO8P2. The fourth-order valence-electron chi connectivity index (χ4n) is 11.9. The number of benzene rings is 4. The predicted octanol–water partition coefficient (Wildman–Crippen LogP) is 13.7. The van der Waals surface area contributed by atoms with Gasteiger partial charge in [0.15, 0.2) is 7.37 Å². The Balaban J connectivity index is 0.000000284. The van der Waals surface area contributed by atoms with Gasteiger partial charge in [0, 0.05) is 69.3 Å². The summed E-state index contributed by atoms with van der Waals surface area (Å²) in [5, 5.41) is 0. The van der Waals surface area contributed by atoms with Crippen LogP contribution in [0, 0.1) is 41.4 Å². The zero-order valence-electron chi connectivity index (χ0n) is 50.9. The Bertz CT molecular complexity index is 2570. The number of aryl methyl sites for hydroxylation is 3. The fraction of sp³-hybridized carbons (Fsp3) is 0.636. The first-order valence-electron chi connectivity index (χ1n) is 29.8. The number of ether oxygens (including phenoxy) is 3. The second-order valence-electron chi connectivity index (χ2n) is 26.3. The maximum atomic E-state index is 13.0. The molecule has 4 atom stereocenters. The van der Waals surface area contributed by atoms with Crippen LogP contribution in [0.25, 0.3) is 0 Å². The van der Waals surface area contributed by atoms with Crippen LogP contribution in [0.5, 0.6) is 17.2 Å². The van der Waals surface area contributed by atoms with Gasteiger partial charge in [-0.05, 0) is 214 Å². The minimum absolute atomic E-state index is 0. The minimum atomic E-state index is -3.05. The third-order valence-electron chi connectivity index (χ3n) is 16.6. The SMILES string of the molecule is CCOP(C)(=O)C[C@H](c1cccc(OCC2CCN(c3cc(OC)ccc3CCCC(C)(C)C)CC2)c1)C1CC1.Cc1ccc(CCCC(C)(C)C)c(N2CCC(COc3cccc([C@@H](CP(C)(=O)O)C4CC4)c3)CC2)c1.[Na+].[OH-]. The van der Waals surface area contributed by atoms with Gasteiger partial charge >= 0.3 is 29.6 Å². The number of methoxy groups -OCH3 is 1. The third kappa shape index (κ3) is 22.7. The van der Waals surface area contributed by atoms with Crippen molar-refractivity contribution in [2.45, 2.75) is 157 Å².